The number of fused-ring (bicyclic) bond motifs is 1. The minimum atomic E-state index is -0.402. The molecule has 2 aromatic heterocycles. The van der Waals surface area contributed by atoms with Gasteiger partial charge in [0.05, 0.1) is 18.1 Å². The van der Waals surface area contributed by atoms with E-state index < -0.39 is 6.04 Å². The van der Waals surface area contributed by atoms with Crippen LogP contribution in [0.2, 0.25) is 0 Å². The molecule has 0 radical (unpaired) electrons. The van der Waals surface area contributed by atoms with Crippen LogP contribution in [0.25, 0.3) is 0 Å². The molecule has 1 atom stereocenters. The molecule has 0 saturated carbocycles. The van der Waals surface area contributed by atoms with Gasteiger partial charge in [0.1, 0.15) is 0 Å². The number of carbonyl (C=O) groups excluding carboxylic acids is 2. The number of amides is 2. The lowest BCUT2D eigenvalue weighted by Crippen LogP contribution is -2.30. The quantitative estimate of drug-likeness (QED) is 0.430. The van der Waals surface area contributed by atoms with Gasteiger partial charge in [-0.25, -0.2) is 0 Å². The molecule has 8 nitrogen and oxygen atoms in total. The summed E-state index contributed by atoms with van der Waals surface area (Å²) in [5.41, 5.74) is 2.18. The number of hydrogen-bond donors (Lipinski definition) is 1. The second-order valence-electron chi connectivity index (χ2n) is 7.13. The molecule has 0 saturated heterocycles. The Kier molecular flexibility index (Phi) is 6.22. The fraction of sp³-hybridized carbons (Fsp3) is 0.273. The molecule has 4 rings (SSSR count). The van der Waals surface area contributed by atoms with E-state index in [1.807, 2.05) is 34.6 Å². The fourth-order valence-corrected chi connectivity index (χ4v) is 4.40. The Hall–Kier alpha value is -3.33. The van der Waals surface area contributed by atoms with Gasteiger partial charge < -0.3 is 19.2 Å². The molecule has 0 unspecified atom stereocenters. The Bertz CT molecular complexity index is 1090. The number of rotatable bonds is 8. The predicted molar refractivity (Wildman–Crippen MR) is 118 cm³/mol. The summed E-state index contributed by atoms with van der Waals surface area (Å²) >= 11 is 1.33. The summed E-state index contributed by atoms with van der Waals surface area (Å²) in [6, 6.07) is 10.8. The Morgan fingerprint density at radius 3 is 2.90 bits per heavy atom. The lowest BCUT2D eigenvalue weighted by molar-refractivity contribution is -0.116. The van der Waals surface area contributed by atoms with Crippen molar-refractivity contribution < 1.29 is 14.0 Å². The molecule has 3 heterocycles. The average molecular weight is 438 g/mol. The van der Waals surface area contributed by atoms with Crippen LogP contribution in [0, 0.1) is 0 Å². The Labute approximate surface area is 184 Å². The van der Waals surface area contributed by atoms with Crippen LogP contribution in [-0.4, -0.2) is 38.9 Å². The van der Waals surface area contributed by atoms with Gasteiger partial charge in [-0.1, -0.05) is 36.0 Å². The van der Waals surface area contributed by atoms with E-state index in [1.54, 1.807) is 18.2 Å². The van der Waals surface area contributed by atoms with Gasteiger partial charge in [0.2, 0.25) is 5.91 Å². The molecule has 1 aliphatic rings. The van der Waals surface area contributed by atoms with Gasteiger partial charge >= 0.3 is 0 Å². The highest BCUT2D eigenvalue weighted by atomic mass is 32.2. The molecule has 1 aliphatic heterocycles. The van der Waals surface area contributed by atoms with Gasteiger partial charge in [-0.3, -0.25) is 9.59 Å². The van der Waals surface area contributed by atoms with E-state index in [0.717, 1.165) is 12.1 Å². The van der Waals surface area contributed by atoms with Crippen LogP contribution in [-0.2, 0) is 17.8 Å². The summed E-state index contributed by atoms with van der Waals surface area (Å²) in [6.45, 7) is 6.78. The number of thioether (sulfide) groups is 1. The molecule has 0 fully saturated rings. The molecule has 0 bridgehead atoms. The standard InChI is InChI=1S/C22H23N5O3S/c1-3-11-27-20(15(2)23-21(29)18-9-6-13-30-18)24-25-22(27)31-14-19(28)26-12-10-16-7-4-5-8-17(16)26/h3-9,13,15H,1,10-12,14H2,2H3,(H,23,29)/t15-/m0/s1. The van der Waals surface area contributed by atoms with Crippen molar-refractivity contribution >= 4 is 29.3 Å². The number of hydrogen-bond acceptors (Lipinski definition) is 6. The number of nitrogens with one attached hydrogen (secondary N) is 1. The molecule has 2 amide bonds. The molecule has 1 aromatic carbocycles. The van der Waals surface area contributed by atoms with Gasteiger partial charge in [0.15, 0.2) is 16.7 Å². The van der Waals surface area contributed by atoms with E-state index in [9.17, 15) is 9.59 Å². The highest BCUT2D eigenvalue weighted by molar-refractivity contribution is 7.99. The van der Waals surface area contributed by atoms with Crippen molar-refractivity contribution in [2.45, 2.75) is 31.1 Å². The molecular weight excluding hydrogens is 414 g/mol. The van der Waals surface area contributed by atoms with Gasteiger partial charge in [-0.15, -0.1) is 16.8 Å². The first-order chi connectivity index (χ1) is 15.1. The van der Waals surface area contributed by atoms with Crippen molar-refractivity contribution in [3.63, 3.8) is 0 Å². The molecule has 1 N–H and O–H groups in total. The van der Waals surface area contributed by atoms with Crippen LogP contribution in [0.1, 0.15) is 34.9 Å². The summed E-state index contributed by atoms with van der Waals surface area (Å²) in [5.74, 6) is 0.761. The Balaban J connectivity index is 1.44. The second kappa shape index (κ2) is 9.22. The van der Waals surface area contributed by atoms with E-state index in [-0.39, 0.29) is 23.3 Å². The van der Waals surface area contributed by atoms with Crippen molar-refractivity contribution in [3.05, 3.63) is 72.5 Å². The number of furan rings is 1. The van der Waals surface area contributed by atoms with E-state index in [4.69, 9.17) is 4.42 Å². The van der Waals surface area contributed by atoms with Crippen molar-refractivity contribution in [3.8, 4) is 0 Å². The Morgan fingerprint density at radius 1 is 1.29 bits per heavy atom. The number of allylic oxidation sites excluding steroid dienone is 1. The summed E-state index contributed by atoms with van der Waals surface area (Å²) < 4.78 is 6.99. The third-order valence-electron chi connectivity index (χ3n) is 5.05. The van der Waals surface area contributed by atoms with Gasteiger partial charge in [-0.05, 0) is 37.1 Å². The summed E-state index contributed by atoms with van der Waals surface area (Å²) in [7, 11) is 0. The molecule has 0 aliphatic carbocycles. The molecule has 31 heavy (non-hydrogen) atoms. The molecule has 9 heteroatoms. The van der Waals surface area contributed by atoms with Crippen molar-refractivity contribution in [1.29, 1.82) is 0 Å². The van der Waals surface area contributed by atoms with Gasteiger partial charge in [0.25, 0.3) is 5.91 Å². The van der Waals surface area contributed by atoms with Crippen molar-refractivity contribution in [1.82, 2.24) is 20.1 Å². The summed E-state index contributed by atoms with van der Waals surface area (Å²) in [5, 5.41) is 12.0. The predicted octanol–water partition coefficient (Wildman–Crippen LogP) is 3.23. The van der Waals surface area contributed by atoms with Gasteiger partial charge in [0, 0.05) is 18.8 Å². The number of nitrogens with zero attached hydrogens (tertiary/aromatic N) is 4. The number of para-hydroxylation sites is 1. The zero-order valence-electron chi connectivity index (χ0n) is 17.2. The van der Waals surface area contributed by atoms with E-state index in [0.29, 0.717) is 24.1 Å². The van der Waals surface area contributed by atoms with Gasteiger partial charge in [-0.2, -0.15) is 0 Å². The lowest BCUT2D eigenvalue weighted by Gasteiger charge is -2.17. The normalized spacial score (nSPS) is 13.6. The minimum Gasteiger partial charge on any atom is -0.459 e. The third kappa shape index (κ3) is 4.41. The lowest BCUT2D eigenvalue weighted by atomic mass is 10.2. The van der Waals surface area contributed by atoms with Crippen LogP contribution in [0.15, 0.2) is 64.9 Å². The highest BCUT2D eigenvalue weighted by Crippen LogP contribution is 2.29. The number of carbonyl (C=O) groups is 2. The maximum absolute atomic E-state index is 12.8. The molecule has 160 valence electrons. The topological polar surface area (TPSA) is 93.3 Å². The number of aromatic nitrogens is 3. The monoisotopic (exact) mass is 437 g/mol. The molecule has 3 aromatic rings. The van der Waals surface area contributed by atoms with Crippen LogP contribution < -0.4 is 10.2 Å². The first-order valence-electron chi connectivity index (χ1n) is 9.98. The second-order valence-corrected chi connectivity index (χ2v) is 8.07. The first kappa shape index (κ1) is 20.9. The molecular formula is C22H23N5O3S. The average Bonchev–Trinajstić information content (AvgIpc) is 3.52. The highest BCUT2D eigenvalue weighted by Gasteiger charge is 2.25. The zero-order chi connectivity index (χ0) is 21.8. The third-order valence-corrected chi connectivity index (χ3v) is 6.00. The van der Waals surface area contributed by atoms with Crippen LogP contribution in [0.4, 0.5) is 5.69 Å². The van der Waals surface area contributed by atoms with Crippen LogP contribution >= 0.6 is 11.8 Å². The van der Waals surface area contributed by atoms with Crippen molar-refractivity contribution in [2.75, 3.05) is 17.2 Å². The van der Waals surface area contributed by atoms with Crippen molar-refractivity contribution in [2.24, 2.45) is 0 Å². The fourth-order valence-electron chi connectivity index (χ4n) is 3.57. The van der Waals surface area contributed by atoms with Crippen LogP contribution in [0.5, 0.6) is 0 Å². The summed E-state index contributed by atoms with van der Waals surface area (Å²) in [4.78, 5) is 26.9. The SMILES string of the molecule is C=CCn1c(SCC(=O)N2CCc3ccccc32)nnc1[C@H](C)NC(=O)c1ccco1. The maximum Gasteiger partial charge on any atom is 0.287 e. The van der Waals surface area contributed by atoms with Crippen LogP contribution in [0.3, 0.4) is 0 Å². The van der Waals surface area contributed by atoms with E-state index >= 15 is 0 Å². The molecule has 0 spiro atoms. The smallest absolute Gasteiger partial charge is 0.287 e. The number of anilines is 1. The van der Waals surface area contributed by atoms with E-state index in [1.165, 1.54) is 23.6 Å². The maximum atomic E-state index is 12.8. The number of benzene rings is 1. The first-order valence-corrected chi connectivity index (χ1v) is 11.0. The largest absolute Gasteiger partial charge is 0.459 e. The summed E-state index contributed by atoms with van der Waals surface area (Å²) in [6.07, 6.45) is 4.05. The zero-order valence-corrected chi connectivity index (χ0v) is 18.0. The van der Waals surface area contributed by atoms with E-state index in [2.05, 4.69) is 28.2 Å². The minimum absolute atomic E-state index is 0.0313. The Morgan fingerprint density at radius 2 is 2.13 bits per heavy atom.